The summed E-state index contributed by atoms with van der Waals surface area (Å²) in [4.78, 5) is 22.8. The van der Waals surface area contributed by atoms with Crippen LogP contribution >= 0.6 is 0 Å². The molecule has 0 aromatic carbocycles. The zero-order valence-corrected chi connectivity index (χ0v) is 10.7. The molecule has 0 aliphatic heterocycles. The second-order valence-electron chi connectivity index (χ2n) is 4.93. The molecule has 2 amide bonds. The Labute approximate surface area is 107 Å². The summed E-state index contributed by atoms with van der Waals surface area (Å²) in [5.41, 5.74) is -0.785. The van der Waals surface area contributed by atoms with Gasteiger partial charge in [-0.15, -0.1) is 12.3 Å². The number of hydrogen-bond acceptors (Lipinski definition) is 2. The van der Waals surface area contributed by atoms with Crippen LogP contribution in [0.5, 0.6) is 0 Å². The smallest absolute Gasteiger partial charge is 0.315 e. The van der Waals surface area contributed by atoms with Gasteiger partial charge in [0.05, 0.1) is 5.41 Å². The molecular weight excluding hydrogens is 232 g/mol. The summed E-state index contributed by atoms with van der Waals surface area (Å²) in [6.07, 6.45) is 8.66. The van der Waals surface area contributed by atoms with Crippen molar-refractivity contribution in [2.24, 2.45) is 5.41 Å². The molecule has 0 saturated heterocycles. The van der Waals surface area contributed by atoms with Crippen molar-refractivity contribution in [2.45, 2.75) is 45.1 Å². The van der Waals surface area contributed by atoms with Crippen LogP contribution in [0.2, 0.25) is 0 Å². The maximum absolute atomic E-state index is 11.6. The fourth-order valence-corrected chi connectivity index (χ4v) is 2.27. The van der Waals surface area contributed by atoms with Gasteiger partial charge >= 0.3 is 12.0 Å². The largest absolute Gasteiger partial charge is 0.481 e. The highest BCUT2D eigenvalue weighted by Gasteiger charge is 2.41. The lowest BCUT2D eigenvalue weighted by Crippen LogP contribution is -2.47. The summed E-state index contributed by atoms with van der Waals surface area (Å²) in [7, 11) is 0. The topological polar surface area (TPSA) is 78.4 Å². The lowest BCUT2D eigenvalue weighted by atomic mass is 9.86. The number of nitrogens with one attached hydrogen (secondary N) is 2. The predicted molar refractivity (Wildman–Crippen MR) is 68.0 cm³/mol. The van der Waals surface area contributed by atoms with Crippen LogP contribution in [-0.2, 0) is 4.79 Å². The number of carbonyl (C=O) groups excluding carboxylic acids is 1. The molecule has 0 radical (unpaired) electrons. The lowest BCUT2D eigenvalue weighted by Gasteiger charge is -2.24. The number of terminal acetylenes is 1. The van der Waals surface area contributed by atoms with Crippen molar-refractivity contribution in [1.29, 1.82) is 0 Å². The highest BCUT2D eigenvalue weighted by molar-refractivity contribution is 5.78. The summed E-state index contributed by atoms with van der Waals surface area (Å²) in [6.45, 7) is 1.99. The molecule has 1 unspecified atom stereocenters. The van der Waals surface area contributed by atoms with E-state index >= 15 is 0 Å². The molecule has 5 heteroatoms. The molecule has 0 aromatic heterocycles. The Hall–Kier alpha value is -1.70. The highest BCUT2D eigenvalue weighted by atomic mass is 16.4. The number of amides is 2. The Morgan fingerprint density at radius 3 is 2.56 bits per heavy atom. The van der Waals surface area contributed by atoms with Crippen LogP contribution in [0, 0.1) is 17.8 Å². The molecule has 1 aliphatic carbocycles. The minimum absolute atomic E-state index is 0.112. The van der Waals surface area contributed by atoms with E-state index in [4.69, 9.17) is 6.42 Å². The average molecular weight is 252 g/mol. The first-order chi connectivity index (χ1) is 8.50. The van der Waals surface area contributed by atoms with Gasteiger partial charge in [0, 0.05) is 19.0 Å². The highest BCUT2D eigenvalue weighted by Crippen LogP contribution is 2.37. The normalized spacial score (nSPS) is 18.7. The fraction of sp³-hybridized carbons (Fsp3) is 0.692. The van der Waals surface area contributed by atoms with Crippen molar-refractivity contribution in [3.05, 3.63) is 0 Å². The first kappa shape index (κ1) is 14.4. The third kappa shape index (κ3) is 3.66. The first-order valence-electron chi connectivity index (χ1n) is 6.21. The van der Waals surface area contributed by atoms with Gasteiger partial charge < -0.3 is 15.7 Å². The molecule has 3 N–H and O–H groups in total. The van der Waals surface area contributed by atoms with E-state index in [1.807, 2.05) is 6.92 Å². The van der Waals surface area contributed by atoms with E-state index in [-0.39, 0.29) is 18.6 Å². The van der Waals surface area contributed by atoms with Gasteiger partial charge in [-0.05, 0) is 19.8 Å². The van der Waals surface area contributed by atoms with E-state index in [1.165, 1.54) is 0 Å². The number of urea groups is 1. The third-order valence-electron chi connectivity index (χ3n) is 3.40. The Morgan fingerprint density at radius 2 is 2.06 bits per heavy atom. The minimum atomic E-state index is -0.822. The summed E-state index contributed by atoms with van der Waals surface area (Å²) >= 11 is 0. The fourth-order valence-electron chi connectivity index (χ4n) is 2.27. The molecule has 0 heterocycles. The second-order valence-corrected chi connectivity index (χ2v) is 4.93. The average Bonchev–Trinajstić information content (AvgIpc) is 2.76. The van der Waals surface area contributed by atoms with Crippen molar-refractivity contribution < 1.29 is 14.7 Å². The van der Waals surface area contributed by atoms with Crippen LogP contribution in [0.3, 0.4) is 0 Å². The number of aliphatic carboxylic acids is 1. The second kappa shape index (κ2) is 6.29. The van der Waals surface area contributed by atoms with Gasteiger partial charge in [0.1, 0.15) is 0 Å². The molecule has 1 saturated carbocycles. The number of rotatable bonds is 5. The van der Waals surface area contributed by atoms with Gasteiger partial charge in [-0.3, -0.25) is 4.79 Å². The predicted octanol–water partition coefficient (Wildman–Crippen LogP) is 1.34. The Balaban J connectivity index is 2.41. The molecule has 1 aliphatic rings. The van der Waals surface area contributed by atoms with Crippen molar-refractivity contribution in [3.8, 4) is 12.3 Å². The number of carboxylic acid groups (broad SMARTS) is 1. The Bertz CT molecular complexity index is 354. The van der Waals surface area contributed by atoms with Gasteiger partial charge in [-0.1, -0.05) is 12.8 Å². The third-order valence-corrected chi connectivity index (χ3v) is 3.40. The quantitative estimate of drug-likeness (QED) is 0.646. The monoisotopic (exact) mass is 252 g/mol. The zero-order chi connectivity index (χ0) is 13.6. The molecule has 0 spiro atoms. The molecule has 1 rings (SSSR count). The molecule has 100 valence electrons. The summed E-state index contributed by atoms with van der Waals surface area (Å²) < 4.78 is 0. The van der Waals surface area contributed by atoms with Gasteiger partial charge in [-0.2, -0.15) is 0 Å². The van der Waals surface area contributed by atoms with Crippen molar-refractivity contribution in [2.75, 3.05) is 6.54 Å². The zero-order valence-electron chi connectivity index (χ0n) is 10.7. The molecule has 1 atom stereocenters. The van der Waals surface area contributed by atoms with E-state index in [2.05, 4.69) is 16.6 Å². The van der Waals surface area contributed by atoms with Crippen LogP contribution in [0.25, 0.3) is 0 Å². The van der Waals surface area contributed by atoms with Crippen LogP contribution in [0.15, 0.2) is 0 Å². The van der Waals surface area contributed by atoms with Crippen molar-refractivity contribution in [3.63, 3.8) is 0 Å². The van der Waals surface area contributed by atoms with Crippen molar-refractivity contribution >= 4 is 12.0 Å². The molecule has 0 bridgehead atoms. The molecule has 18 heavy (non-hydrogen) atoms. The van der Waals surface area contributed by atoms with Crippen molar-refractivity contribution in [1.82, 2.24) is 10.6 Å². The molecule has 5 nitrogen and oxygen atoms in total. The molecule has 0 aromatic rings. The SMILES string of the molecule is C#CCC(C)NC(=O)NCC1(C(=O)O)CCCC1. The van der Waals surface area contributed by atoms with Crippen LogP contribution < -0.4 is 10.6 Å². The van der Waals surface area contributed by atoms with Crippen LogP contribution in [0.4, 0.5) is 4.79 Å². The van der Waals surface area contributed by atoms with E-state index in [0.29, 0.717) is 19.3 Å². The van der Waals surface area contributed by atoms with E-state index < -0.39 is 11.4 Å². The summed E-state index contributed by atoms with van der Waals surface area (Å²) in [6, 6.07) is -0.468. The van der Waals surface area contributed by atoms with Crippen LogP contribution in [0.1, 0.15) is 39.0 Å². The standard InChI is InChI=1S/C13H20N2O3/c1-3-6-10(2)15-12(18)14-9-13(11(16)17)7-4-5-8-13/h1,10H,4-9H2,2H3,(H,16,17)(H2,14,15,18). The maximum atomic E-state index is 11.6. The van der Waals surface area contributed by atoms with Gasteiger partial charge in [0.2, 0.25) is 0 Å². The molecule has 1 fully saturated rings. The Kier molecular flexibility index (Phi) is 5.02. The summed E-state index contributed by atoms with van der Waals surface area (Å²) in [5.74, 6) is 1.64. The first-order valence-corrected chi connectivity index (χ1v) is 6.21. The summed E-state index contributed by atoms with van der Waals surface area (Å²) in [5, 5.41) is 14.6. The maximum Gasteiger partial charge on any atom is 0.315 e. The minimum Gasteiger partial charge on any atom is -0.481 e. The lowest BCUT2D eigenvalue weighted by molar-refractivity contribution is -0.148. The van der Waals surface area contributed by atoms with E-state index in [9.17, 15) is 14.7 Å². The Morgan fingerprint density at radius 1 is 1.44 bits per heavy atom. The van der Waals surface area contributed by atoms with Crippen LogP contribution in [-0.4, -0.2) is 29.7 Å². The van der Waals surface area contributed by atoms with Gasteiger partial charge in [-0.25, -0.2) is 4.79 Å². The van der Waals surface area contributed by atoms with Gasteiger partial charge in [0.15, 0.2) is 0 Å². The van der Waals surface area contributed by atoms with E-state index in [0.717, 1.165) is 12.8 Å². The van der Waals surface area contributed by atoms with Gasteiger partial charge in [0.25, 0.3) is 0 Å². The van der Waals surface area contributed by atoms with E-state index in [1.54, 1.807) is 0 Å². The number of hydrogen-bond donors (Lipinski definition) is 3. The number of carbonyl (C=O) groups is 2. The molecular formula is C13H20N2O3. The number of carboxylic acids is 1.